The van der Waals surface area contributed by atoms with Gasteiger partial charge in [0.25, 0.3) is 0 Å². The fourth-order valence-corrected chi connectivity index (χ4v) is 3.59. The van der Waals surface area contributed by atoms with E-state index in [1.54, 1.807) is 17.4 Å². The van der Waals surface area contributed by atoms with Crippen molar-refractivity contribution in [3.8, 4) is 0 Å². The molecule has 0 unspecified atom stereocenters. The van der Waals surface area contributed by atoms with Crippen molar-refractivity contribution >= 4 is 44.5 Å². The van der Waals surface area contributed by atoms with Crippen molar-refractivity contribution in [2.75, 3.05) is 10.6 Å². The Morgan fingerprint density at radius 2 is 2.25 bits per heavy atom. The van der Waals surface area contributed by atoms with Crippen LogP contribution in [0.5, 0.6) is 0 Å². The standard InChI is InChI=1S/C14H12BrFN2OS/c15-9-3-4-20-13(9)7-17-12-6-11-8(5-10(12)16)1-2-14(19)18-11/h3-6,17H,1-2,7H2,(H,18,19). The van der Waals surface area contributed by atoms with Crippen molar-refractivity contribution in [2.24, 2.45) is 0 Å². The first-order valence-electron chi connectivity index (χ1n) is 6.21. The lowest BCUT2D eigenvalue weighted by Gasteiger charge is -2.18. The van der Waals surface area contributed by atoms with Gasteiger partial charge >= 0.3 is 0 Å². The summed E-state index contributed by atoms with van der Waals surface area (Å²) in [4.78, 5) is 12.5. The van der Waals surface area contributed by atoms with Gasteiger partial charge in [-0.25, -0.2) is 4.39 Å². The highest BCUT2D eigenvalue weighted by Gasteiger charge is 2.17. The third kappa shape index (κ3) is 2.71. The van der Waals surface area contributed by atoms with Crippen molar-refractivity contribution in [3.63, 3.8) is 0 Å². The second-order valence-electron chi connectivity index (χ2n) is 4.58. The van der Waals surface area contributed by atoms with E-state index in [9.17, 15) is 9.18 Å². The maximum absolute atomic E-state index is 14.0. The Morgan fingerprint density at radius 3 is 3.00 bits per heavy atom. The highest BCUT2D eigenvalue weighted by molar-refractivity contribution is 9.10. The van der Waals surface area contributed by atoms with Crippen LogP contribution < -0.4 is 10.6 Å². The lowest BCUT2D eigenvalue weighted by Crippen LogP contribution is -2.19. The van der Waals surface area contributed by atoms with E-state index in [-0.39, 0.29) is 11.7 Å². The Morgan fingerprint density at radius 1 is 1.40 bits per heavy atom. The van der Waals surface area contributed by atoms with Gasteiger partial charge in [0.15, 0.2) is 0 Å². The van der Waals surface area contributed by atoms with E-state index in [0.29, 0.717) is 30.8 Å². The molecule has 1 amide bonds. The molecule has 0 radical (unpaired) electrons. The molecule has 2 heterocycles. The van der Waals surface area contributed by atoms with Gasteiger partial charge in [-0.05, 0) is 51.5 Å². The van der Waals surface area contributed by atoms with Crippen molar-refractivity contribution < 1.29 is 9.18 Å². The number of carbonyl (C=O) groups is 1. The molecule has 0 saturated carbocycles. The van der Waals surface area contributed by atoms with Crippen molar-refractivity contribution in [3.05, 3.63) is 44.3 Å². The van der Waals surface area contributed by atoms with Gasteiger partial charge in [-0.2, -0.15) is 0 Å². The summed E-state index contributed by atoms with van der Waals surface area (Å²) in [6.07, 6.45) is 1.01. The van der Waals surface area contributed by atoms with Crippen molar-refractivity contribution in [1.29, 1.82) is 0 Å². The minimum absolute atomic E-state index is 0.0175. The summed E-state index contributed by atoms with van der Waals surface area (Å²) in [6, 6.07) is 5.13. The van der Waals surface area contributed by atoms with E-state index < -0.39 is 0 Å². The molecule has 6 heteroatoms. The number of thiophene rings is 1. The molecule has 3 rings (SSSR count). The van der Waals surface area contributed by atoms with Gasteiger partial charge in [0.05, 0.1) is 12.2 Å². The van der Waals surface area contributed by atoms with E-state index >= 15 is 0 Å². The molecule has 1 aromatic carbocycles. The average molecular weight is 355 g/mol. The van der Waals surface area contributed by atoms with Gasteiger partial charge < -0.3 is 10.6 Å². The van der Waals surface area contributed by atoms with Gasteiger partial charge in [-0.3, -0.25) is 4.79 Å². The minimum atomic E-state index is -0.285. The predicted octanol–water partition coefficient (Wildman–Crippen LogP) is 4.15. The smallest absolute Gasteiger partial charge is 0.224 e. The van der Waals surface area contributed by atoms with Crippen LogP contribution in [0.15, 0.2) is 28.1 Å². The molecule has 0 aliphatic carbocycles. The number of amides is 1. The Hall–Kier alpha value is -1.40. The molecule has 3 nitrogen and oxygen atoms in total. The SMILES string of the molecule is O=C1CCc2cc(F)c(NCc3sccc3Br)cc2N1. The van der Waals surface area contributed by atoms with Gasteiger partial charge in [-0.1, -0.05) is 0 Å². The monoisotopic (exact) mass is 354 g/mol. The molecule has 0 saturated heterocycles. The van der Waals surface area contributed by atoms with Gasteiger partial charge in [0.2, 0.25) is 5.91 Å². The van der Waals surface area contributed by atoms with Crippen LogP contribution in [0.25, 0.3) is 0 Å². The number of hydrogen-bond acceptors (Lipinski definition) is 3. The molecule has 2 aromatic rings. The van der Waals surface area contributed by atoms with Crippen LogP contribution in [0.2, 0.25) is 0 Å². The molecular weight excluding hydrogens is 343 g/mol. The predicted molar refractivity (Wildman–Crippen MR) is 82.7 cm³/mol. The highest BCUT2D eigenvalue weighted by Crippen LogP contribution is 2.30. The molecular formula is C14H12BrFN2OS. The second kappa shape index (κ2) is 5.54. The Balaban J connectivity index is 1.81. The summed E-state index contributed by atoms with van der Waals surface area (Å²) in [6.45, 7) is 0.544. The topological polar surface area (TPSA) is 41.1 Å². The average Bonchev–Trinajstić information content (AvgIpc) is 2.82. The lowest BCUT2D eigenvalue weighted by molar-refractivity contribution is -0.116. The number of carbonyl (C=O) groups excluding carboxylic acids is 1. The Bertz CT molecular complexity index is 671. The highest BCUT2D eigenvalue weighted by atomic mass is 79.9. The third-order valence-electron chi connectivity index (χ3n) is 3.22. The zero-order chi connectivity index (χ0) is 14.1. The zero-order valence-electron chi connectivity index (χ0n) is 10.5. The normalized spacial score (nSPS) is 13.8. The number of anilines is 2. The van der Waals surface area contributed by atoms with Crippen molar-refractivity contribution in [1.82, 2.24) is 0 Å². The summed E-state index contributed by atoms with van der Waals surface area (Å²) in [7, 11) is 0. The fourth-order valence-electron chi connectivity index (χ4n) is 2.16. The molecule has 0 fully saturated rings. The van der Waals surface area contributed by atoms with E-state index in [2.05, 4.69) is 26.6 Å². The lowest BCUT2D eigenvalue weighted by atomic mass is 10.0. The van der Waals surface area contributed by atoms with E-state index in [1.165, 1.54) is 6.07 Å². The molecule has 20 heavy (non-hydrogen) atoms. The van der Waals surface area contributed by atoms with Gasteiger partial charge in [0, 0.05) is 21.5 Å². The first kappa shape index (κ1) is 13.6. The van der Waals surface area contributed by atoms with Crippen molar-refractivity contribution in [2.45, 2.75) is 19.4 Å². The molecule has 104 valence electrons. The molecule has 1 aliphatic rings. The summed E-state index contributed by atoms with van der Waals surface area (Å²) < 4.78 is 15.0. The maximum atomic E-state index is 14.0. The van der Waals surface area contributed by atoms with Crippen LogP contribution in [0.4, 0.5) is 15.8 Å². The third-order valence-corrected chi connectivity index (χ3v) is 5.15. The number of rotatable bonds is 3. The molecule has 1 aromatic heterocycles. The second-order valence-corrected chi connectivity index (χ2v) is 6.44. The Labute approximate surface area is 128 Å². The molecule has 2 N–H and O–H groups in total. The largest absolute Gasteiger partial charge is 0.378 e. The molecule has 1 aliphatic heterocycles. The number of fused-ring (bicyclic) bond motifs is 1. The van der Waals surface area contributed by atoms with Crippen LogP contribution in [-0.4, -0.2) is 5.91 Å². The number of benzene rings is 1. The number of hydrogen-bond donors (Lipinski definition) is 2. The van der Waals surface area contributed by atoms with Gasteiger partial charge in [0.1, 0.15) is 5.82 Å². The van der Waals surface area contributed by atoms with E-state index in [4.69, 9.17) is 0 Å². The fraction of sp³-hybridized carbons (Fsp3) is 0.214. The number of nitrogens with one attached hydrogen (secondary N) is 2. The minimum Gasteiger partial charge on any atom is -0.378 e. The first-order valence-corrected chi connectivity index (χ1v) is 7.89. The summed E-state index contributed by atoms with van der Waals surface area (Å²) in [5, 5.41) is 7.83. The molecule has 0 atom stereocenters. The van der Waals surface area contributed by atoms with Crippen LogP contribution in [0, 0.1) is 5.82 Å². The van der Waals surface area contributed by atoms with Crippen LogP contribution in [0.3, 0.4) is 0 Å². The van der Waals surface area contributed by atoms with E-state index in [1.807, 2.05) is 11.4 Å². The van der Waals surface area contributed by atoms with E-state index in [0.717, 1.165) is 14.9 Å². The van der Waals surface area contributed by atoms with Crippen LogP contribution in [0.1, 0.15) is 16.9 Å². The van der Waals surface area contributed by atoms with Crippen LogP contribution >= 0.6 is 27.3 Å². The summed E-state index contributed by atoms with van der Waals surface area (Å²) in [5.74, 6) is -0.302. The zero-order valence-corrected chi connectivity index (χ0v) is 12.9. The Kier molecular flexibility index (Phi) is 3.76. The maximum Gasteiger partial charge on any atom is 0.224 e. The molecule has 0 spiro atoms. The van der Waals surface area contributed by atoms with Gasteiger partial charge in [-0.15, -0.1) is 11.3 Å². The summed E-state index contributed by atoms with van der Waals surface area (Å²) >= 11 is 5.05. The molecule has 0 bridgehead atoms. The first-order chi connectivity index (χ1) is 9.63. The number of aryl methyl sites for hydroxylation is 1. The quantitative estimate of drug-likeness (QED) is 0.869. The number of halogens is 2. The van der Waals surface area contributed by atoms with Crippen LogP contribution in [-0.2, 0) is 17.8 Å². The summed E-state index contributed by atoms with van der Waals surface area (Å²) in [5.41, 5.74) is 1.96.